The molecule has 21 heavy (non-hydrogen) atoms. The van der Waals surface area contributed by atoms with E-state index in [4.69, 9.17) is 5.84 Å². The summed E-state index contributed by atoms with van der Waals surface area (Å²) in [6, 6.07) is 1.85. The van der Waals surface area contributed by atoms with Gasteiger partial charge in [0.25, 0.3) is 0 Å². The largest absolute Gasteiger partial charge is 0.369 e. The second-order valence-electron chi connectivity index (χ2n) is 6.69. The average molecular weight is 292 g/mol. The fourth-order valence-electron chi connectivity index (χ4n) is 2.47. The number of hydrazine groups is 1. The SMILES string of the molecule is CC(C)(C)c1nc(NN)cc(NCCN2CCCCC2)n1. The number of nitrogens with zero attached hydrogens (tertiary/aromatic N) is 3. The second-order valence-corrected chi connectivity index (χ2v) is 6.69. The first-order valence-electron chi connectivity index (χ1n) is 7.81. The Morgan fingerprint density at radius 3 is 2.43 bits per heavy atom. The molecule has 0 bridgehead atoms. The molecule has 2 rings (SSSR count). The third kappa shape index (κ3) is 4.82. The third-order valence-corrected chi connectivity index (χ3v) is 3.73. The number of piperidine rings is 1. The molecule has 1 aromatic heterocycles. The predicted molar refractivity (Wildman–Crippen MR) is 87.3 cm³/mol. The molecule has 0 spiro atoms. The van der Waals surface area contributed by atoms with Crippen molar-refractivity contribution in [3.05, 3.63) is 11.9 Å². The minimum Gasteiger partial charge on any atom is -0.369 e. The summed E-state index contributed by atoms with van der Waals surface area (Å²) in [5, 5.41) is 3.39. The van der Waals surface area contributed by atoms with Crippen LogP contribution < -0.4 is 16.6 Å². The van der Waals surface area contributed by atoms with Crippen LogP contribution in [0, 0.1) is 0 Å². The molecule has 1 aliphatic heterocycles. The van der Waals surface area contributed by atoms with E-state index in [1.165, 1.54) is 32.4 Å². The van der Waals surface area contributed by atoms with Crippen LogP contribution in [0.15, 0.2) is 6.07 Å². The van der Waals surface area contributed by atoms with Gasteiger partial charge < -0.3 is 15.6 Å². The van der Waals surface area contributed by atoms with Gasteiger partial charge in [-0.3, -0.25) is 0 Å². The maximum atomic E-state index is 5.50. The van der Waals surface area contributed by atoms with E-state index in [-0.39, 0.29) is 5.41 Å². The Bertz CT molecular complexity index is 448. The monoisotopic (exact) mass is 292 g/mol. The molecule has 0 atom stereocenters. The molecular weight excluding hydrogens is 264 g/mol. The van der Waals surface area contributed by atoms with Crippen LogP contribution >= 0.6 is 0 Å². The maximum absolute atomic E-state index is 5.50. The summed E-state index contributed by atoms with van der Waals surface area (Å²) in [7, 11) is 0. The van der Waals surface area contributed by atoms with Gasteiger partial charge in [-0.05, 0) is 25.9 Å². The van der Waals surface area contributed by atoms with E-state index in [1.807, 2.05) is 6.07 Å². The molecule has 6 nitrogen and oxygen atoms in total. The van der Waals surface area contributed by atoms with Crippen molar-refractivity contribution >= 4 is 11.6 Å². The molecule has 0 unspecified atom stereocenters. The van der Waals surface area contributed by atoms with Crippen molar-refractivity contribution in [2.45, 2.75) is 45.4 Å². The average Bonchev–Trinajstić information content (AvgIpc) is 2.47. The summed E-state index contributed by atoms with van der Waals surface area (Å²) >= 11 is 0. The fourth-order valence-corrected chi connectivity index (χ4v) is 2.47. The van der Waals surface area contributed by atoms with Gasteiger partial charge >= 0.3 is 0 Å². The van der Waals surface area contributed by atoms with Gasteiger partial charge in [0.15, 0.2) is 0 Å². The lowest BCUT2D eigenvalue weighted by Crippen LogP contribution is -2.34. The van der Waals surface area contributed by atoms with E-state index in [1.54, 1.807) is 0 Å². The Kier molecular flexibility index (Phi) is 5.36. The van der Waals surface area contributed by atoms with Crippen molar-refractivity contribution in [1.29, 1.82) is 0 Å². The van der Waals surface area contributed by atoms with Crippen molar-refractivity contribution in [3.8, 4) is 0 Å². The van der Waals surface area contributed by atoms with Crippen LogP contribution in [0.4, 0.5) is 11.6 Å². The number of anilines is 2. The molecule has 6 heteroatoms. The van der Waals surface area contributed by atoms with Crippen LogP contribution in [-0.2, 0) is 5.41 Å². The minimum absolute atomic E-state index is 0.101. The van der Waals surface area contributed by atoms with Crippen molar-refractivity contribution in [3.63, 3.8) is 0 Å². The van der Waals surface area contributed by atoms with Crippen LogP contribution in [0.25, 0.3) is 0 Å². The Morgan fingerprint density at radius 2 is 1.81 bits per heavy atom. The Morgan fingerprint density at radius 1 is 1.14 bits per heavy atom. The van der Waals surface area contributed by atoms with E-state index >= 15 is 0 Å². The number of nitrogens with one attached hydrogen (secondary N) is 2. The second kappa shape index (κ2) is 7.04. The van der Waals surface area contributed by atoms with E-state index in [0.717, 1.165) is 24.7 Å². The minimum atomic E-state index is -0.101. The molecule has 0 radical (unpaired) electrons. The number of aromatic nitrogens is 2. The Labute approximate surface area is 127 Å². The summed E-state index contributed by atoms with van der Waals surface area (Å²) < 4.78 is 0. The highest BCUT2D eigenvalue weighted by Gasteiger charge is 2.19. The summed E-state index contributed by atoms with van der Waals surface area (Å²) in [5.41, 5.74) is 2.52. The first-order valence-corrected chi connectivity index (χ1v) is 7.81. The van der Waals surface area contributed by atoms with Crippen LogP contribution in [0.2, 0.25) is 0 Å². The molecule has 2 heterocycles. The lowest BCUT2D eigenvalue weighted by molar-refractivity contribution is 0.237. The molecule has 0 aliphatic carbocycles. The highest BCUT2D eigenvalue weighted by Crippen LogP contribution is 2.21. The van der Waals surface area contributed by atoms with Crippen molar-refractivity contribution in [2.75, 3.05) is 36.9 Å². The van der Waals surface area contributed by atoms with E-state index < -0.39 is 0 Å². The first kappa shape index (κ1) is 16.0. The number of likely N-dealkylation sites (tertiary alicyclic amines) is 1. The van der Waals surface area contributed by atoms with Crippen molar-refractivity contribution < 1.29 is 0 Å². The quantitative estimate of drug-likeness (QED) is 0.569. The molecule has 1 aliphatic rings. The van der Waals surface area contributed by atoms with Crippen LogP contribution in [-0.4, -0.2) is 41.0 Å². The number of rotatable bonds is 5. The van der Waals surface area contributed by atoms with E-state index in [2.05, 4.69) is 46.4 Å². The van der Waals surface area contributed by atoms with Gasteiger partial charge in [0.05, 0.1) is 0 Å². The smallest absolute Gasteiger partial charge is 0.145 e. The van der Waals surface area contributed by atoms with Crippen LogP contribution in [0.1, 0.15) is 45.9 Å². The van der Waals surface area contributed by atoms with Gasteiger partial charge in [0.1, 0.15) is 17.5 Å². The van der Waals surface area contributed by atoms with E-state index in [0.29, 0.717) is 5.82 Å². The molecule has 0 saturated carbocycles. The molecule has 4 N–H and O–H groups in total. The van der Waals surface area contributed by atoms with Crippen molar-refractivity contribution in [1.82, 2.24) is 14.9 Å². The standard InChI is InChI=1S/C15H28N6/c1-15(2,3)14-18-12(11-13(19-14)20-16)17-7-10-21-8-5-4-6-9-21/h11H,4-10,16H2,1-3H3,(H2,17,18,19,20). The van der Waals surface area contributed by atoms with Gasteiger partial charge in [-0.1, -0.05) is 27.2 Å². The van der Waals surface area contributed by atoms with Crippen LogP contribution in [0.5, 0.6) is 0 Å². The summed E-state index contributed by atoms with van der Waals surface area (Å²) in [6.45, 7) is 10.7. The highest BCUT2D eigenvalue weighted by atomic mass is 15.3. The normalized spacial score (nSPS) is 16.8. The summed E-state index contributed by atoms with van der Waals surface area (Å²) in [6.07, 6.45) is 4.02. The lowest BCUT2D eigenvalue weighted by atomic mass is 9.96. The zero-order valence-electron chi connectivity index (χ0n) is 13.4. The van der Waals surface area contributed by atoms with Crippen LogP contribution in [0.3, 0.4) is 0 Å². The highest BCUT2D eigenvalue weighted by molar-refractivity contribution is 5.47. The molecule has 118 valence electrons. The van der Waals surface area contributed by atoms with Crippen molar-refractivity contribution in [2.24, 2.45) is 5.84 Å². The fraction of sp³-hybridized carbons (Fsp3) is 0.733. The number of hydrogen-bond donors (Lipinski definition) is 3. The lowest BCUT2D eigenvalue weighted by Gasteiger charge is -2.26. The topological polar surface area (TPSA) is 79.1 Å². The number of hydrogen-bond acceptors (Lipinski definition) is 6. The van der Waals surface area contributed by atoms with Gasteiger partial charge in [-0.2, -0.15) is 0 Å². The molecule has 0 aromatic carbocycles. The molecule has 1 aromatic rings. The van der Waals surface area contributed by atoms with Gasteiger partial charge in [0.2, 0.25) is 0 Å². The third-order valence-electron chi connectivity index (χ3n) is 3.73. The molecule has 1 saturated heterocycles. The summed E-state index contributed by atoms with van der Waals surface area (Å²) in [4.78, 5) is 11.5. The molecule has 1 fully saturated rings. The summed E-state index contributed by atoms with van der Waals surface area (Å²) in [5.74, 6) is 7.77. The molecule has 0 amide bonds. The molecular formula is C15H28N6. The predicted octanol–water partition coefficient (Wildman–Crippen LogP) is 1.96. The zero-order valence-corrected chi connectivity index (χ0v) is 13.4. The van der Waals surface area contributed by atoms with Gasteiger partial charge in [-0.25, -0.2) is 15.8 Å². The number of nitrogen functional groups attached to an aromatic ring is 1. The maximum Gasteiger partial charge on any atom is 0.145 e. The van der Waals surface area contributed by atoms with Gasteiger partial charge in [0, 0.05) is 24.6 Å². The number of nitrogens with two attached hydrogens (primary N) is 1. The zero-order chi connectivity index (χ0) is 15.3. The Balaban J connectivity index is 1.95. The Hall–Kier alpha value is -1.40. The van der Waals surface area contributed by atoms with E-state index in [9.17, 15) is 0 Å². The van der Waals surface area contributed by atoms with Gasteiger partial charge in [-0.15, -0.1) is 0 Å². The first-order chi connectivity index (χ1) is 9.99.